The predicted octanol–water partition coefficient (Wildman–Crippen LogP) is 5.24. The van der Waals surface area contributed by atoms with Gasteiger partial charge in [0.25, 0.3) is 0 Å². The molecular weight excluding hydrogens is 324 g/mol. The second-order valence-corrected chi connectivity index (χ2v) is 6.44. The van der Waals surface area contributed by atoms with Crippen molar-refractivity contribution in [1.29, 1.82) is 0 Å². The summed E-state index contributed by atoms with van der Waals surface area (Å²) in [4.78, 5) is 0. The summed E-state index contributed by atoms with van der Waals surface area (Å²) in [6.45, 7) is 0.964. The summed E-state index contributed by atoms with van der Waals surface area (Å²) >= 11 is 9.86. The van der Waals surface area contributed by atoms with Gasteiger partial charge in [0.05, 0.1) is 6.10 Å². The molecule has 0 amide bonds. The van der Waals surface area contributed by atoms with Crippen LogP contribution in [0.3, 0.4) is 0 Å². The van der Waals surface area contributed by atoms with Crippen molar-refractivity contribution < 1.29 is 4.74 Å². The lowest BCUT2D eigenvalue weighted by Gasteiger charge is -2.16. The molecule has 2 rings (SSSR count). The van der Waals surface area contributed by atoms with Crippen molar-refractivity contribution in [2.45, 2.75) is 44.6 Å². The van der Waals surface area contributed by atoms with E-state index in [-0.39, 0.29) is 0 Å². The van der Waals surface area contributed by atoms with Crippen LogP contribution in [-0.2, 0) is 11.2 Å². The molecular formula is C16H22BrClO. The first-order chi connectivity index (χ1) is 9.29. The van der Waals surface area contributed by atoms with Crippen LogP contribution in [0, 0.1) is 5.92 Å². The van der Waals surface area contributed by atoms with E-state index in [1.807, 2.05) is 12.1 Å². The van der Waals surface area contributed by atoms with E-state index < -0.39 is 0 Å². The average Bonchev–Trinajstić information content (AvgIpc) is 2.93. The third-order valence-electron chi connectivity index (χ3n) is 3.85. The Labute approximate surface area is 129 Å². The first kappa shape index (κ1) is 15.3. The fourth-order valence-corrected chi connectivity index (χ4v) is 3.48. The lowest BCUT2D eigenvalue weighted by atomic mass is 9.95. The molecule has 1 saturated heterocycles. The van der Waals surface area contributed by atoms with Crippen LogP contribution in [0.15, 0.2) is 24.3 Å². The molecule has 1 nitrogen and oxygen atoms in total. The third kappa shape index (κ3) is 5.09. The monoisotopic (exact) mass is 344 g/mol. The Hall–Kier alpha value is -0.0500. The number of alkyl halides is 1. The lowest BCUT2D eigenvalue weighted by Crippen LogP contribution is -2.10. The first-order valence-electron chi connectivity index (χ1n) is 7.20. The van der Waals surface area contributed by atoms with Crippen LogP contribution in [0.1, 0.15) is 37.7 Å². The quantitative estimate of drug-likeness (QED) is 0.614. The summed E-state index contributed by atoms with van der Waals surface area (Å²) in [5.74, 6) is 0.668. The minimum atomic E-state index is 0.524. The van der Waals surface area contributed by atoms with E-state index in [1.54, 1.807) is 0 Å². The Morgan fingerprint density at radius 3 is 2.89 bits per heavy atom. The molecule has 0 spiro atoms. The molecule has 2 unspecified atom stereocenters. The SMILES string of the molecule is Clc1ccccc1CC(CBr)CCCC1CCCO1. The molecule has 0 radical (unpaired) electrons. The molecule has 1 fully saturated rings. The van der Waals surface area contributed by atoms with Gasteiger partial charge in [0.1, 0.15) is 0 Å². The highest BCUT2D eigenvalue weighted by atomic mass is 79.9. The van der Waals surface area contributed by atoms with E-state index in [0.29, 0.717) is 12.0 Å². The van der Waals surface area contributed by atoms with E-state index in [9.17, 15) is 0 Å². The van der Waals surface area contributed by atoms with Gasteiger partial charge in [0.15, 0.2) is 0 Å². The summed E-state index contributed by atoms with van der Waals surface area (Å²) in [7, 11) is 0. The van der Waals surface area contributed by atoms with E-state index >= 15 is 0 Å². The van der Waals surface area contributed by atoms with Crippen LogP contribution in [0.4, 0.5) is 0 Å². The second kappa shape index (κ2) is 8.28. The number of hydrogen-bond donors (Lipinski definition) is 0. The van der Waals surface area contributed by atoms with Crippen molar-refractivity contribution >= 4 is 27.5 Å². The number of hydrogen-bond acceptors (Lipinski definition) is 1. The smallest absolute Gasteiger partial charge is 0.0576 e. The van der Waals surface area contributed by atoms with Gasteiger partial charge in [-0.1, -0.05) is 52.2 Å². The van der Waals surface area contributed by atoms with Crippen LogP contribution in [0.5, 0.6) is 0 Å². The minimum absolute atomic E-state index is 0.524. The molecule has 1 aromatic carbocycles. The van der Waals surface area contributed by atoms with Crippen LogP contribution in [0.25, 0.3) is 0 Å². The van der Waals surface area contributed by atoms with Gasteiger partial charge in [0.2, 0.25) is 0 Å². The summed E-state index contributed by atoms with van der Waals surface area (Å²) in [6, 6.07) is 8.18. The van der Waals surface area contributed by atoms with Gasteiger partial charge >= 0.3 is 0 Å². The van der Waals surface area contributed by atoms with Crippen LogP contribution in [0.2, 0.25) is 5.02 Å². The number of ether oxygens (including phenoxy) is 1. The van der Waals surface area contributed by atoms with Crippen molar-refractivity contribution in [1.82, 2.24) is 0 Å². The Morgan fingerprint density at radius 2 is 2.21 bits per heavy atom. The Bertz CT molecular complexity index is 377. The van der Waals surface area contributed by atoms with Crippen molar-refractivity contribution in [3.05, 3.63) is 34.9 Å². The first-order valence-corrected chi connectivity index (χ1v) is 8.70. The van der Waals surface area contributed by atoms with Crippen LogP contribution >= 0.6 is 27.5 Å². The van der Waals surface area contributed by atoms with Gasteiger partial charge in [0, 0.05) is 17.0 Å². The molecule has 106 valence electrons. The summed E-state index contributed by atoms with van der Waals surface area (Å²) in [5, 5.41) is 1.94. The van der Waals surface area contributed by atoms with Crippen LogP contribution < -0.4 is 0 Å². The molecule has 0 saturated carbocycles. The molecule has 19 heavy (non-hydrogen) atoms. The van der Waals surface area contributed by atoms with E-state index in [1.165, 1.54) is 37.7 Å². The normalized spacial score (nSPS) is 20.6. The van der Waals surface area contributed by atoms with E-state index in [4.69, 9.17) is 16.3 Å². The largest absolute Gasteiger partial charge is 0.378 e. The highest BCUT2D eigenvalue weighted by molar-refractivity contribution is 9.09. The molecule has 1 heterocycles. The topological polar surface area (TPSA) is 9.23 Å². The molecule has 1 aromatic rings. The average molecular weight is 346 g/mol. The molecule has 1 aliphatic heterocycles. The second-order valence-electron chi connectivity index (χ2n) is 5.38. The Morgan fingerprint density at radius 1 is 1.37 bits per heavy atom. The molecule has 0 N–H and O–H groups in total. The predicted molar refractivity (Wildman–Crippen MR) is 85.3 cm³/mol. The van der Waals surface area contributed by atoms with Crippen molar-refractivity contribution in [3.63, 3.8) is 0 Å². The van der Waals surface area contributed by atoms with Crippen molar-refractivity contribution in [2.75, 3.05) is 11.9 Å². The van der Waals surface area contributed by atoms with Gasteiger partial charge in [-0.25, -0.2) is 0 Å². The van der Waals surface area contributed by atoms with Gasteiger partial charge in [-0.2, -0.15) is 0 Å². The zero-order chi connectivity index (χ0) is 13.5. The third-order valence-corrected chi connectivity index (χ3v) is 5.13. The number of benzene rings is 1. The maximum atomic E-state index is 6.23. The van der Waals surface area contributed by atoms with E-state index in [0.717, 1.165) is 23.4 Å². The fraction of sp³-hybridized carbons (Fsp3) is 0.625. The lowest BCUT2D eigenvalue weighted by molar-refractivity contribution is 0.101. The fourth-order valence-electron chi connectivity index (χ4n) is 2.71. The van der Waals surface area contributed by atoms with Gasteiger partial charge in [-0.15, -0.1) is 0 Å². The zero-order valence-corrected chi connectivity index (χ0v) is 13.6. The molecule has 0 bridgehead atoms. The van der Waals surface area contributed by atoms with Gasteiger partial charge in [-0.05, 0) is 49.7 Å². The highest BCUT2D eigenvalue weighted by Gasteiger charge is 2.16. The number of rotatable bonds is 7. The Kier molecular flexibility index (Phi) is 6.69. The van der Waals surface area contributed by atoms with Gasteiger partial charge in [-0.3, -0.25) is 0 Å². The minimum Gasteiger partial charge on any atom is -0.378 e. The molecule has 0 aromatic heterocycles. The highest BCUT2D eigenvalue weighted by Crippen LogP contribution is 2.24. The maximum absolute atomic E-state index is 6.23. The van der Waals surface area contributed by atoms with Crippen LogP contribution in [-0.4, -0.2) is 18.0 Å². The molecule has 2 atom stereocenters. The van der Waals surface area contributed by atoms with Crippen molar-refractivity contribution in [3.8, 4) is 0 Å². The zero-order valence-electron chi connectivity index (χ0n) is 11.3. The molecule has 0 aliphatic carbocycles. The van der Waals surface area contributed by atoms with Gasteiger partial charge < -0.3 is 4.74 Å². The number of halogens is 2. The summed E-state index contributed by atoms with van der Waals surface area (Å²) in [5.41, 5.74) is 1.27. The Balaban J connectivity index is 1.75. The maximum Gasteiger partial charge on any atom is 0.0576 e. The van der Waals surface area contributed by atoms with E-state index in [2.05, 4.69) is 28.1 Å². The summed E-state index contributed by atoms with van der Waals surface area (Å²) < 4.78 is 5.67. The molecule has 3 heteroatoms. The molecule has 1 aliphatic rings. The van der Waals surface area contributed by atoms with Crippen molar-refractivity contribution in [2.24, 2.45) is 5.92 Å². The standard InChI is InChI=1S/C16H22BrClO/c17-12-13(5-3-7-15-8-4-10-19-15)11-14-6-1-2-9-16(14)18/h1-2,6,9,13,15H,3-5,7-8,10-12H2. The summed E-state index contributed by atoms with van der Waals surface area (Å²) in [6.07, 6.45) is 7.80.